The average Bonchev–Trinajstić information content (AvgIpc) is 2.72. The van der Waals surface area contributed by atoms with Gasteiger partial charge >= 0.3 is 12.1 Å². The number of piperidine rings is 1. The molecule has 1 aliphatic rings. The third-order valence-electron chi connectivity index (χ3n) is 4.86. The highest BCUT2D eigenvalue weighted by Gasteiger charge is 2.29. The summed E-state index contributed by atoms with van der Waals surface area (Å²) in [5, 5.41) is 10.7. The summed E-state index contributed by atoms with van der Waals surface area (Å²) in [6, 6.07) is 5.77. The molecule has 1 heterocycles. The molecule has 0 spiro atoms. The highest BCUT2D eigenvalue weighted by Crippen LogP contribution is 2.19. The molecular formula is C19H25N3O7. The molecule has 0 radical (unpaired) electrons. The number of non-ortho nitro benzene ring substituents is 1. The van der Waals surface area contributed by atoms with E-state index in [9.17, 15) is 24.5 Å². The molecule has 2 amide bonds. The molecule has 158 valence electrons. The number of nitro groups is 1. The van der Waals surface area contributed by atoms with Gasteiger partial charge in [-0.3, -0.25) is 19.7 Å². The largest absolute Gasteiger partial charge is 0.469 e. The van der Waals surface area contributed by atoms with Gasteiger partial charge in [0.05, 0.1) is 18.5 Å². The van der Waals surface area contributed by atoms with E-state index < -0.39 is 11.0 Å². The van der Waals surface area contributed by atoms with Gasteiger partial charge in [-0.05, 0) is 30.5 Å². The molecule has 29 heavy (non-hydrogen) atoms. The lowest BCUT2D eigenvalue weighted by atomic mass is 10.0. The first-order chi connectivity index (χ1) is 13.8. The van der Waals surface area contributed by atoms with Crippen LogP contribution in [0.25, 0.3) is 0 Å². The minimum absolute atomic E-state index is 0.0233. The quantitative estimate of drug-likeness (QED) is 0.386. The molecule has 1 aromatic rings. The van der Waals surface area contributed by atoms with E-state index in [2.05, 4.69) is 4.74 Å². The fourth-order valence-corrected chi connectivity index (χ4v) is 3.22. The van der Waals surface area contributed by atoms with Crippen LogP contribution in [-0.2, 0) is 25.7 Å². The number of hydrogen-bond donors (Lipinski definition) is 0. The Labute approximate surface area is 168 Å². The summed E-state index contributed by atoms with van der Waals surface area (Å²) in [4.78, 5) is 48.9. The number of hydrogen-bond acceptors (Lipinski definition) is 7. The van der Waals surface area contributed by atoms with E-state index in [1.165, 1.54) is 26.2 Å². The number of ether oxygens (including phenoxy) is 2. The number of rotatable bonds is 7. The van der Waals surface area contributed by atoms with Crippen molar-refractivity contribution in [3.8, 4) is 0 Å². The van der Waals surface area contributed by atoms with Crippen molar-refractivity contribution in [1.29, 1.82) is 0 Å². The van der Waals surface area contributed by atoms with E-state index >= 15 is 0 Å². The van der Waals surface area contributed by atoms with Gasteiger partial charge in [0.2, 0.25) is 5.91 Å². The van der Waals surface area contributed by atoms with E-state index in [0.29, 0.717) is 31.5 Å². The van der Waals surface area contributed by atoms with Crippen molar-refractivity contribution >= 4 is 23.7 Å². The van der Waals surface area contributed by atoms with Crippen molar-refractivity contribution in [2.24, 2.45) is 0 Å². The topological polar surface area (TPSA) is 119 Å². The van der Waals surface area contributed by atoms with Gasteiger partial charge in [0.1, 0.15) is 6.61 Å². The van der Waals surface area contributed by atoms with E-state index in [1.54, 1.807) is 21.9 Å². The molecule has 0 aliphatic carbocycles. The molecule has 0 aromatic heterocycles. The lowest BCUT2D eigenvalue weighted by Crippen LogP contribution is -2.48. The van der Waals surface area contributed by atoms with Gasteiger partial charge in [-0.1, -0.05) is 0 Å². The number of methoxy groups -OCH3 is 1. The van der Waals surface area contributed by atoms with Crippen LogP contribution in [0.5, 0.6) is 0 Å². The molecule has 1 saturated heterocycles. The lowest BCUT2D eigenvalue weighted by Gasteiger charge is -2.37. The molecule has 10 heteroatoms. The first kappa shape index (κ1) is 22.1. The summed E-state index contributed by atoms with van der Waals surface area (Å²) < 4.78 is 9.90. The molecule has 1 fully saturated rings. The van der Waals surface area contributed by atoms with Crippen LogP contribution in [0, 0.1) is 10.1 Å². The SMILES string of the molecule is COC(=O)CCN(C(C)=O)C1CCN(C(=O)OCc2ccc([N+](=O)[O-])cc2)CC1. The number of nitrogens with zero attached hydrogens (tertiary/aromatic N) is 3. The maximum Gasteiger partial charge on any atom is 0.410 e. The molecule has 0 unspecified atom stereocenters. The summed E-state index contributed by atoms with van der Waals surface area (Å²) >= 11 is 0. The molecule has 0 saturated carbocycles. The zero-order valence-electron chi connectivity index (χ0n) is 16.5. The number of nitro benzene ring substituents is 1. The minimum atomic E-state index is -0.491. The minimum Gasteiger partial charge on any atom is -0.469 e. The number of carbonyl (C=O) groups is 3. The summed E-state index contributed by atoms with van der Waals surface area (Å²) in [6.07, 6.45) is 0.847. The number of carbonyl (C=O) groups excluding carboxylic acids is 3. The lowest BCUT2D eigenvalue weighted by molar-refractivity contribution is -0.384. The van der Waals surface area contributed by atoms with Crippen molar-refractivity contribution in [2.75, 3.05) is 26.7 Å². The van der Waals surface area contributed by atoms with Crippen molar-refractivity contribution in [2.45, 2.75) is 38.8 Å². The van der Waals surface area contributed by atoms with Gasteiger partial charge in [0.15, 0.2) is 0 Å². The van der Waals surface area contributed by atoms with Crippen LogP contribution in [-0.4, -0.2) is 65.5 Å². The predicted molar refractivity (Wildman–Crippen MR) is 102 cm³/mol. The van der Waals surface area contributed by atoms with Gasteiger partial charge < -0.3 is 19.3 Å². The van der Waals surface area contributed by atoms with Crippen LogP contribution in [0.2, 0.25) is 0 Å². The van der Waals surface area contributed by atoms with Crippen molar-refractivity contribution in [1.82, 2.24) is 9.80 Å². The van der Waals surface area contributed by atoms with Gasteiger partial charge in [-0.2, -0.15) is 0 Å². The van der Waals surface area contributed by atoms with Crippen LogP contribution in [0.4, 0.5) is 10.5 Å². The average molecular weight is 407 g/mol. The Hall–Kier alpha value is -3.17. The highest BCUT2D eigenvalue weighted by atomic mass is 16.6. The Morgan fingerprint density at radius 1 is 1.21 bits per heavy atom. The van der Waals surface area contributed by atoms with Crippen molar-refractivity contribution in [3.63, 3.8) is 0 Å². The number of esters is 1. The number of likely N-dealkylation sites (tertiary alicyclic amines) is 1. The summed E-state index contributed by atoms with van der Waals surface area (Å²) in [7, 11) is 1.31. The Kier molecular flexibility index (Phi) is 7.93. The predicted octanol–water partition coefficient (Wildman–Crippen LogP) is 2.11. The van der Waals surface area contributed by atoms with Crippen LogP contribution in [0.3, 0.4) is 0 Å². The normalized spacial score (nSPS) is 14.2. The van der Waals surface area contributed by atoms with Crippen LogP contribution in [0.15, 0.2) is 24.3 Å². The zero-order valence-corrected chi connectivity index (χ0v) is 16.5. The second-order valence-corrected chi connectivity index (χ2v) is 6.73. The van der Waals surface area contributed by atoms with E-state index in [4.69, 9.17) is 4.74 Å². The monoisotopic (exact) mass is 407 g/mol. The van der Waals surface area contributed by atoms with E-state index in [-0.39, 0.29) is 43.2 Å². The standard InChI is InChI=1S/C19H25N3O7/c1-14(23)21(12-9-18(24)28-2)16-7-10-20(11-8-16)19(25)29-13-15-3-5-17(6-4-15)22(26)27/h3-6,16H,7-13H2,1-2H3. The Morgan fingerprint density at radius 3 is 2.34 bits per heavy atom. The maximum atomic E-state index is 12.3. The summed E-state index contributed by atoms with van der Waals surface area (Å²) in [5.41, 5.74) is 0.633. The molecule has 10 nitrogen and oxygen atoms in total. The first-order valence-corrected chi connectivity index (χ1v) is 9.31. The Morgan fingerprint density at radius 2 is 1.83 bits per heavy atom. The van der Waals surface area contributed by atoms with Crippen molar-refractivity contribution < 1.29 is 28.8 Å². The summed E-state index contributed by atoms with van der Waals surface area (Å²) in [5.74, 6) is -0.489. The molecule has 1 aliphatic heterocycles. The zero-order chi connectivity index (χ0) is 21.4. The Bertz CT molecular complexity index is 743. The second kappa shape index (κ2) is 10.4. The number of amides is 2. The van der Waals surface area contributed by atoms with Crippen LogP contribution < -0.4 is 0 Å². The smallest absolute Gasteiger partial charge is 0.410 e. The number of benzene rings is 1. The maximum absolute atomic E-state index is 12.3. The van der Waals surface area contributed by atoms with Crippen molar-refractivity contribution in [3.05, 3.63) is 39.9 Å². The molecule has 1 aromatic carbocycles. The molecule has 0 atom stereocenters. The molecule has 0 bridgehead atoms. The van der Waals surface area contributed by atoms with Gasteiger partial charge in [0, 0.05) is 44.7 Å². The van der Waals surface area contributed by atoms with E-state index in [1.807, 2.05) is 0 Å². The fraction of sp³-hybridized carbons (Fsp3) is 0.526. The van der Waals surface area contributed by atoms with Crippen LogP contribution in [0.1, 0.15) is 31.7 Å². The molecule has 2 rings (SSSR count). The third-order valence-corrected chi connectivity index (χ3v) is 4.86. The third kappa shape index (κ3) is 6.44. The molecule has 0 N–H and O–H groups in total. The fourth-order valence-electron chi connectivity index (χ4n) is 3.22. The van der Waals surface area contributed by atoms with Gasteiger partial charge in [-0.15, -0.1) is 0 Å². The van der Waals surface area contributed by atoms with Gasteiger partial charge in [-0.25, -0.2) is 4.79 Å². The Balaban J connectivity index is 1.81. The highest BCUT2D eigenvalue weighted by molar-refractivity contribution is 5.75. The van der Waals surface area contributed by atoms with Gasteiger partial charge in [0.25, 0.3) is 5.69 Å². The first-order valence-electron chi connectivity index (χ1n) is 9.31. The van der Waals surface area contributed by atoms with Crippen LogP contribution >= 0.6 is 0 Å². The van der Waals surface area contributed by atoms with E-state index in [0.717, 1.165) is 0 Å². The second-order valence-electron chi connectivity index (χ2n) is 6.73. The molecular weight excluding hydrogens is 382 g/mol. The summed E-state index contributed by atoms with van der Waals surface area (Å²) in [6.45, 7) is 2.65.